The summed E-state index contributed by atoms with van der Waals surface area (Å²) in [5.74, 6) is 0.849. The predicted octanol–water partition coefficient (Wildman–Crippen LogP) is 5.01. The van der Waals surface area contributed by atoms with Gasteiger partial charge in [0.25, 0.3) is 0 Å². The van der Waals surface area contributed by atoms with Crippen molar-refractivity contribution in [1.82, 2.24) is 15.5 Å². The van der Waals surface area contributed by atoms with E-state index in [9.17, 15) is 4.39 Å². The average Bonchev–Trinajstić information content (AvgIpc) is 3.17. The summed E-state index contributed by atoms with van der Waals surface area (Å²) in [5.41, 5.74) is 4.32. The van der Waals surface area contributed by atoms with E-state index in [1.807, 2.05) is 30.3 Å². The summed E-state index contributed by atoms with van der Waals surface area (Å²) < 4.78 is 19.3. The molecule has 0 amide bonds. The van der Waals surface area contributed by atoms with Crippen molar-refractivity contribution in [3.63, 3.8) is 0 Å². The van der Waals surface area contributed by atoms with Gasteiger partial charge in [-0.3, -0.25) is 5.10 Å². The first-order chi connectivity index (χ1) is 13.0. The molecular weight excluding hydrogens is 341 g/mol. The molecule has 0 aliphatic heterocycles. The van der Waals surface area contributed by atoms with Crippen LogP contribution in [0.15, 0.2) is 61.2 Å². The van der Waals surface area contributed by atoms with E-state index >= 15 is 0 Å². The molecule has 0 fully saturated rings. The number of rotatable bonds is 8. The Morgan fingerprint density at radius 1 is 1.19 bits per heavy atom. The second kappa shape index (κ2) is 8.54. The van der Waals surface area contributed by atoms with Crippen molar-refractivity contribution in [3.05, 3.63) is 89.5 Å². The molecule has 5 heteroatoms. The van der Waals surface area contributed by atoms with Gasteiger partial charge in [0, 0.05) is 17.8 Å². The van der Waals surface area contributed by atoms with Crippen molar-refractivity contribution in [2.45, 2.75) is 32.9 Å². The maximum atomic E-state index is 13.6. The Hall–Kier alpha value is -3.08. The van der Waals surface area contributed by atoms with Crippen molar-refractivity contribution < 1.29 is 9.13 Å². The fraction of sp³-hybridized carbons (Fsp3) is 0.227. The van der Waals surface area contributed by atoms with Crippen LogP contribution in [-0.4, -0.2) is 10.2 Å². The second-order valence-electron chi connectivity index (χ2n) is 6.72. The number of nitrogens with one attached hydrogen (secondary N) is 2. The molecule has 3 rings (SSSR count). The Morgan fingerprint density at radius 3 is 2.59 bits per heavy atom. The zero-order chi connectivity index (χ0) is 19.2. The number of halogens is 1. The lowest BCUT2D eigenvalue weighted by molar-refractivity contribution is 0.300. The lowest BCUT2D eigenvalue weighted by Crippen LogP contribution is -2.11. The first-order valence-corrected chi connectivity index (χ1v) is 8.96. The third-order valence-corrected chi connectivity index (χ3v) is 4.31. The molecule has 4 nitrogen and oxygen atoms in total. The van der Waals surface area contributed by atoms with Crippen LogP contribution < -0.4 is 10.1 Å². The predicted molar refractivity (Wildman–Crippen MR) is 106 cm³/mol. The van der Waals surface area contributed by atoms with Gasteiger partial charge in [-0.15, -0.1) is 0 Å². The maximum absolute atomic E-state index is 13.6. The molecule has 1 heterocycles. The molecule has 3 aromatic rings. The molecule has 27 heavy (non-hydrogen) atoms. The number of hydrogen-bond acceptors (Lipinski definition) is 3. The third-order valence-electron chi connectivity index (χ3n) is 4.31. The zero-order valence-corrected chi connectivity index (χ0v) is 15.6. The quantitative estimate of drug-likeness (QED) is 0.590. The summed E-state index contributed by atoms with van der Waals surface area (Å²) in [5, 5.41) is 10.6. The van der Waals surface area contributed by atoms with Crippen LogP contribution in [0.2, 0.25) is 0 Å². The van der Waals surface area contributed by atoms with Crippen LogP contribution in [0.5, 0.6) is 5.75 Å². The molecule has 2 N–H and O–H groups in total. The Labute approximate surface area is 159 Å². The molecule has 0 aliphatic carbocycles. The molecule has 0 unspecified atom stereocenters. The summed E-state index contributed by atoms with van der Waals surface area (Å²) in [6.45, 7) is 9.12. The van der Waals surface area contributed by atoms with Crippen LogP contribution in [0.1, 0.15) is 42.3 Å². The summed E-state index contributed by atoms with van der Waals surface area (Å²) in [6.07, 6.45) is 0. The SMILES string of the molecule is C=C(NCc1ccc(OCc2ccccc2F)cc1)c1cc(C(C)C)[nH]n1. The minimum Gasteiger partial charge on any atom is -0.489 e. The van der Waals surface area contributed by atoms with Crippen molar-refractivity contribution in [2.75, 3.05) is 0 Å². The summed E-state index contributed by atoms with van der Waals surface area (Å²) in [7, 11) is 0. The average molecular weight is 365 g/mol. The van der Waals surface area contributed by atoms with E-state index in [0.29, 0.717) is 23.8 Å². The monoisotopic (exact) mass is 365 g/mol. The molecule has 2 aromatic carbocycles. The van der Waals surface area contributed by atoms with E-state index in [4.69, 9.17) is 4.74 Å². The normalized spacial score (nSPS) is 10.8. The van der Waals surface area contributed by atoms with Crippen LogP contribution in [0, 0.1) is 5.82 Å². The van der Waals surface area contributed by atoms with Gasteiger partial charge >= 0.3 is 0 Å². The number of aromatic nitrogens is 2. The lowest BCUT2D eigenvalue weighted by Gasteiger charge is -2.10. The van der Waals surface area contributed by atoms with Crippen molar-refractivity contribution >= 4 is 5.70 Å². The molecule has 0 aliphatic rings. The topological polar surface area (TPSA) is 49.9 Å². The van der Waals surface area contributed by atoms with Crippen LogP contribution >= 0.6 is 0 Å². The van der Waals surface area contributed by atoms with Gasteiger partial charge in [-0.1, -0.05) is 50.8 Å². The van der Waals surface area contributed by atoms with Crippen molar-refractivity contribution in [1.29, 1.82) is 0 Å². The molecule has 0 bridgehead atoms. The van der Waals surface area contributed by atoms with Gasteiger partial charge in [-0.2, -0.15) is 5.10 Å². The highest BCUT2D eigenvalue weighted by Gasteiger charge is 2.07. The van der Waals surface area contributed by atoms with Gasteiger partial charge in [0.1, 0.15) is 23.9 Å². The van der Waals surface area contributed by atoms with Crippen molar-refractivity contribution in [2.24, 2.45) is 0 Å². The highest BCUT2D eigenvalue weighted by atomic mass is 19.1. The Morgan fingerprint density at radius 2 is 1.93 bits per heavy atom. The number of hydrogen-bond donors (Lipinski definition) is 2. The molecule has 1 aromatic heterocycles. The summed E-state index contributed by atoms with van der Waals surface area (Å²) in [4.78, 5) is 0. The summed E-state index contributed by atoms with van der Waals surface area (Å²) in [6, 6.07) is 16.3. The first kappa shape index (κ1) is 18.7. The maximum Gasteiger partial charge on any atom is 0.129 e. The van der Waals surface area contributed by atoms with Crippen LogP contribution in [0.3, 0.4) is 0 Å². The van der Waals surface area contributed by atoms with Gasteiger partial charge in [0.15, 0.2) is 0 Å². The van der Waals surface area contributed by atoms with Gasteiger partial charge in [-0.05, 0) is 35.7 Å². The van der Waals surface area contributed by atoms with Gasteiger partial charge in [0.05, 0.1) is 5.70 Å². The Balaban J connectivity index is 1.51. The minimum absolute atomic E-state index is 0.207. The first-order valence-electron chi connectivity index (χ1n) is 8.96. The summed E-state index contributed by atoms with van der Waals surface area (Å²) >= 11 is 0. The molecule has 0 saturated carbocycles. The van der Waals surface area contributed by atoms with Crippen molar-refractivity contribution in [3.8, 4) is 5.75 Å². The fourth-order valence-corrected chi connectivity index (χ4v) is 2.57. The standard InChI is InChI=1S/C22H24FN3O/c1-15(2)21-12-22(26-25-21)16(3)24-13-17-8-10-19(11-9-17)27-14-18-6-4-5-7-20(18)23/h4-12,15,24H,3,13-14H2,1-2H3,(H,25,26). The van der Waals surface area contributed by atoms with E-state index in [1.54, 1.807) is 18.2 Å². The van der Waals surface area contributed by atoms with E-state index in [-0.39, 0.29) is 12.4 Å². The Bertz CT molecular complexity index is 900. The van der Waals surface area contributed by atoms with E-state index in [0.717, 1.165) is 22.6 Å². The smallest absolute Gasteiger partial charge is 0.129 e. The lowest BCUT2D eigenvalue weighted by atomic mass is 10.1. The molecule has 0 radical (unpaired) electrons. The van der Waals surface area contributed by atoms with E-state index in [2.05, 4.69) is 35.9 Å². The Kier molecular flexibility index (Phi) is 5.91. The van der Waals surface area contributed by atoms with Gasteiger partial charge < -0.3 is 10.1 Å². The molecule has 0 atom stereocenters. The van der Waals surface area contributed by atoms with Crippen LogP contribution in [-0.2, 0) is 13.2 Å². The second-order valence-corrected chi connectivity index (χ2v) is 6.72. The third kappa shape index (κ3) is 4.97. The number of nitrogens with zero attached hydrogens (tertiary/aromatic N) is 1. The highest BCUT2D eigenvalue weighted by Crippen LogP contribution is 2.18. The zero-order valence-electron chi connectivity index (χ0n) is 15.6. The molecular formula is C22H24FN3O. The fourth-order valence-electron chi connectivity index (χ4n) is 2.57. The van der Waals surface area contributed by atoms with Gasteiger partial charge in [-0.25, -0.2) is 4.39 Å². The van der Waals surface area contributed by atoms with Crippen LogP contribution in [0.25, 0.3) is 5.70 Å². The minimum atomic E-state index is -0.254. The highest BCUT2D eigenvalue weighted by molar-refractivity contribution is 5.58. The number of benzene rings is 2. The van der Waals surface area contributed by atoms with E-state index in [1.165, 1.54) is 6.07 Å². The molecule has 0 saturated heterocycles. The van der Waals surface area contributed by atoms with Crippen LogP contribution in [0.4, 0.5) is 4.39 Å². The van der Waals surface area contributed by atoms with Gasteiger partial charge in [0.2, 0.25) is 0 Å². The largest absolute Gasteiger partial charge is 0.489 e. The molecule has 140 valence electrons. The number of ether oxygens (including phenoxy) is 1. The molecule has 0 spiro atoms. The van der Waals surface area contributed by atoms with E-state index < -0.39 is 0 Å². The number of H-pyrrole nitrogens is 1. The number of aromatic amines is 1.